The van der Waals surface area contributed by atoms with E-state index in [1.165, 1.54) is 18.3 Å². The van der Waals surface area contributed by atoms with Crippen LogP contribution in [0.3, 0.4) is 0 Å². The van der Waals surface area contributed by atoms with E-state index in [1.54, 1.807) is 31.2 Å². The molecule has 0 saturated heterocycles. The van der Waals surface area contributed by atoms with E-state index in [1.807, 2.05) is 6.92 Å². The molecule has 7 heteroatoms. The van der Waals surface area contributed by atoms with Crippen molar-refractivity contribution >= 4 is 49.9 Å². The van der Waals surface area contributed by atoms with Crippen LogP contribution in [-0.2, 0) is 9.53 Å². The third kappa shape index (κ3) is 4.30. The van der Waals surface area contributed by atoms with E-state index >= 15 is 0 Å². The fourth-order valence-electron chi connectivity index (χ4n) is 2.04. The molecule has 0 aliphatic rings. The zero-order chi connectivity index (χ0) is 17.9. The van der Waals surface area contributed by atoms with Crippen LogP contribution in [0.5, 0.6) is 0 Å². The third-order valence-corrected chi connectivity index (χ3v) is 5.03. The predicted molar refractivity (Wildman–Crippen MR) is 96.9 cm³/mol. The number of thiophene rings is 1. The average molecular weight is 410 g/mol. The predicted octanol–water partition coefficient (Wildman–Crippen LogP) is 4.13. The van der Waals surface area contributed by atoms with E-state index < -0.39 is 5.97 Å². The molecule has 1 aromatic carbocycles. The second-order valence-corrected chi connectivity index (χ2v) is 7.32. The number of rotatable bonds is 5. The van der Waals surface area contributed by atoms with Gasteiger partial charge in [-0.25, -0.2) is 4.79 Å². The molecule has 2 aromatic rings. The molecule has 1 heterocycles. The molecule has 0 atom stereocenters. The minimum atomic E-state index is -0.619. The lowest BCUT2D eigenvalue weighted by Crippen LogP contribution is -2.16. The monoisotopic (exact) mass is 409 g/mol. The molecule has 2 rings (SSSR count). The number of anilines is 1. The summed E-state index contributed by atoms with van der Waals surface area (Å²) < 4.78 is 6.01. The maximum Gasteiger partial charge on any atom is 0.341 e. The molecule has 0 aliphatic carbocycles. The lowest BCUT2D eigenvalue weighted by molar-refractivity contribution is -0.114. The maximum atomic E-state index is 12.3. The van der Waals surface area contributed by atoms with Gasteiger partial charge in [0.25, 0.3) is 0 Å². The quantitative estimate of drug-likeness (QED) is 0.595. The molecule has 0 unspecified atom stereocenters. The summed E-state index contributed by atoms with van der Waals surface area (Å²) in [6, 6.07) is 6.80. The Hall–Kier alpha value is -1.99. The number of hydrogen-bond acceptors (Lipinski definition) is 5. The second-order valence-electron chi connectivity index (χ2n) is 5.17. The Morgan fingerprint density at radius 3 is 2.38 bits per heavy atom. The van der Waals surface area contributed by atoms with Gasteiger partial charge in [0, 0.05) is 21.8 Å². The van der Waals surface area contributed by atoms with E-state index in [9.17, 15) is 14.4 Å². The number of Topliss-reactive ketones (excluding diaryl/α,β-unsaturated/α-hetero) is 1. The van der Waals surface area contributed by atoms with Crippen LogP contribution in [-0.4, -0.2) is 24.3 Å². The molecular formula is C17H16BrNO4S. The van der Waals surface area contributed by atoms with Gasteiger partial charge >= 0.3 is 5.97 Å². The molecule has 0 bridgehead atoms. The Bertz CT molecular complexity index is 796. The number of ketones is 1. The summed E-state index contributed by atoms with van der Waals surface area (Å²) in [5, 5.41) is 3.07. The van der Waals surface area contributed by atoms with E-state index in [-0.39, 0.29) is 18.3 Å². The number of esters is 1. The lowest BCUT2D eigenvalue weighted by Gasteiger charge is -2.07. The van der Waals surface area contributed by atoms with Crippen molar-refractivity contribution in [2.45, 2.75) is 20.8 Å². The Morgan fingerprint density at radius 1 is 1.17 bits per heavy atom. The highest BCUT2D eigenvalue weighted by Gasteiger charge is 2.22. The van der Waals surface area contributed by atoms with Crippen molar-refractivity contribution in [1.29, 1.82) is 0 Å². The zero-order valence-electron chi connectivity index (χ0n) is 13.4. The highest BCUT2D eigenvalue weighted by atomic mass is 79.9. The first-order valence-electron chi connectivity index (χ1n) is 7.13. The van der Waals surface area contributed by atoms with Crippen molar-refractivity contribution in [3.8, 4) is 0 Å². The number of halogens is 1. The molecule has 5 nitrogen and oxygen atoms in total. The largest absolute Gasteiger partial charge is 0.454 e. The highest BCUT2D eigenvalue weighted by Crippen LogP contribution is 2.33. The summed E-state index contributed by atoms with van der Waals surface area (Å²) in [6.07, 6.45) is 0. The Labute approximate surface area is 152 Å². The number of benzene rings is 1. The molecule has 24 heavy (non-hydrogen) atoms. The second kappa shape index (κ2) is 7.72. The zero-order valence-corrected chi connectivity index (χ0v) is 15.8. The van der Waals surface area contributed by atoms with Gasteiger partial charge in [-0.05, 0) is 31.5 Å². The van der Waals surface area contributed by atoms with Gasteiger partial charge in [-0.3, -0.25) is 9.59 Å². The van der Waals surface area contributed by atoms with Crippen LogP contribution in [0.25, 0.3) is 0 Å². The molecule has 1 N–H and O–H groups in total. The van der Waals surface area contributed by atoms with E-state index in [4.69, 9.17) is 4.74 Å². The van der Waals surface area contributed by atoms with Gasteiger partial charge in [0.15, 0.2) is 12.4 Å². The van der Waals surface area contributed by atoms with E-state index in [0.717, 1.165) is 14.9 Å². The van der Waals surface area contributed by atoms with Crippen molar-refractivity contribution in [3.63, 3.8) is 0 Å². The topological polar surface area (TPSA) is 72.5 Å². The van der Waals surface area contributed by atoms with Gasteiger partial charge < -0.3 is 10.1 Å². The molecule has 1 aromatic heterocycles. The lowest BCUT2D eigenvalue weighted by atomic mass is 10.1. The minimum absolute atomic E-state index is 0.267. The summed E-state index contributed by atoms with van der Waals surface area (Å²) in [5.41, 5.74) is 1.51. The standard InChI is InChI=1S/C17H16BrNO4S/c1-9-10(2)24-16(19-11(3)20)15(9)17(22)23-8-14(21)12-4-6-13(18)7-5-12/h4-7H,8H2,1-3H3,(H,19,20). The van der Waals surface area contributed by atoms with E-state index in [0.29, 0.717) is 16.1 Å². The van der Waals surface area contributed by atoms with Crippen molar-refractivity contribution in [3.05, 3.63) is 50.3 Å². The number of carbonyl (C=O) groups excluding carboxylic acids is 3. The normalized spacial score (nSPS) is 10.3. The Morgan fingerprint density at radius 2 is 1.79 bits per heavy atom. The number of amides is 1. The fourth-order valence-corrected chi connectivity index (χ4v) is 3.40. The van der Waals surface area contributed by atoms with Crippen LogP contribution in [0, 0.1) is 13.8 Å². The SMILES string of the molecule is CC(=O)Nc1sc(C)c(C)c1C(=O)OCC(=O)c1ccc(Br)cc1. The molecular weight excluding hydrogens is 394 g/mol. The minimum Gasteiger partial charge on any atom is -0.454 e. The Balaban J connectivity index is 2.11. The summed E-state index contributed by atoms with van der Waals surface area (Å²) >= 11 is 4.60. The van der Waals surface area contributed by atoms with Crippen LogP contribution in [0.15, 0.2) is 28.7 Å². The summed E-state index contributed by atoms with van der Waals surface area (Å²) in [6.45, 7) is 4.66. The van der Waals surface area contributed by atoms with Crippen LogP contribution >= 0.6 is 27.3 Å². The molecule has 0 fully saturated rings. The Kier molecular flexibility index (Phi) is 5.90. The molecule has 126 valence electrons. The van der Waals surface area contributed by atoms with Gasteiger partial charge in [-0.15, -0.1) is 11.3 Å². The average Bonchev–Trinajstić information content (AvgIpc) is 2.79. The van der Waals surface area contributed by atoms with Crippen LogP contribution in [0.1, 0.15) is 38.1 Å². The maximum absolute atomic E-state index is 12.3. The summed E-state index contributed by atoms with van der Waals surface area (Å²) in [4.78, 5) is 36.6. The summed E-state index contributed by atoms with van der Waals surface area (Å²) in [7, 11) is 0. The number of carbonyl (C=O) groups is 3. The molecule has 0 radical (unpaired) electrons. The number of ether oxygens (including phenoxy) is 1. The van der Waals surface area contributed by atoms with Crippen LogP contribution < -0.4 is 5.32 Å². The first-order valence-corrected chi connectivity index (χ1v) is 8.74. The first kappa shape index (κ1) is 18.4. The molecule has 1 amide bonds. The summed E-state index contributed by atoms with van der Waals surface area (Å²) in [5.74, 6) is -1.18. The number of aryl methyl sites for hydroxylation is 1. The van der Waals surface area contributed by atoms with Gasteiger partial charge in [-0.2, -0.15) is 0 Å². The van der Waals surface area contributed by atoms with Crippen molar-refractivity contribution in [2.24, 2.45) is 0 Å². The van der Waals surface area contributed by atoms with Crippen molar-refractivity contribution < 1.29 is 19.1 Å². The molecule has 0 saturated carbocycles. The molecule has 0 spiro atoms. The highest BCUT2D eigenvalue weighted by molar-refractivity contribution is 9.10. The fraction of sp³-hybridized carbons (Fsp3) is 0.235. The van der Waals surface area contributed by atoms with Crippen molar-refractivity contribution in [1.82, 2.24) is 0 Å². The van der Waals surface area contributed by atoms with Crippen LogP contribution in [0.2, 0.25) is 0 Å². The van der Waals surface area contributed by atoms with Gasteiger partial charge in [0.2, 0.25) is 5.91 Å². The molecule has 0 aliphatic heterocycles. The third-order valence-electron chi connectivity index (χ3n) is 3.38. The smallest absolute Gasteiger partial charge is 0.341 e. The van der Waals surface area contributed by atoms with Crippen LogP contribution in [0.4, 0.5) is 5.00 Å². The number of hydrogen-bond donors (Lipinski definition) is 1. The van der Waals surface area contributed by atoms with E-state index in [2.05, 4.69) is 21.2 Å². The first-order chi connectivity index (χ1) is 11.3. The van der Waals surface area contributed by atoms with Gasteiger partial charge in [0.05, 0.1) is 5.56 Å². The van der Waals surface area contributed by atoms with Gasteiger partial charge in [0.1, 0.15) is 5.00 Å². The number of nitrogens with one attached hydrogen (secondary N) is 1. The van der Waals surface area contributed by atoms with Crippen molar-refractivity contribution in [2.75, 3.05) is 11.9 Å². The van der Waals surface area contributed by atoms with Gasteiger partial charge in [-0.1, -0.05) is 28.1 Å².